The van der Waals surface area contributed by atoms with Gasteiger partial charge >= 0.3 is 0 Å². The van der Waals surface area contributed by atoms with E-state index in [9.17, 15) is 4.79 Å². The summed E-state index contributed by atoms with van der Waals surface area (Å²) in [6.07, 6.45) is 2.37. The maximum absolute atomic E-state index is 12.0. The van der Waals surface area contributed by atoms with Crippen LogP contribution in [0, 0.1) is 5.41 Å². The van der Waals surface area contributed by atoms with Gasteiger partial charge in [-0.3, -0.25) is 4.79 Å². The first-order valence-corrected chi connectivity index (χ1v) is 6.10. The Kier molecular flexibility index (Phi) is 4.04. The highest BCUT2D eigenvalue weighted by atomic mass is 16.2. The van der Waals surface area contributed by atoms with Gasteiger partial charge in [0, 0.05) is 24.4 Å². The minimum Gasteiger partial charge on any atom is -0.343 e. The van der Waals surface area contributed by atoms with E-state index in [4.69, 9.17) is 5.53 Å². The van der Waals surface area contributed by atoms with Crippen LogP contribution in [0.2, 0.25) is 0 Å². The predicted molar refractivity (Wildman–Crippen MR) is 67.4 cm³/mol. The molecule has 1 saturated heterocycles. The first-order valence-electron chi connectivity index (χ1n) is 6.10. The van der Waals surface area contributed by atoms with Crippen LogP contribution in [0.5, 0.6) is 0 Å². The van der Waals surface area contributed by atoms with Crippen molar-refractivity contribution in [2.45, 2.75) is 52.5 Å². The molecular formula is C12H22N4O. The molecule has 96 valence electrons. The van der Waals surface area contributed by atoms with Gasteiger partial charge in [0.15, 0.2) is 0 Å². The van der Waals surface area contributed by atoms with E-state index < -0.39 is 5.54 Å². The number of likely N-dealkylation sites (tertiary alicyclic amines) is 1. The van der Waals surface area contributed by atoms with E-state index in [0.29, 0.717) is 5.41 Å². The van der Waals surface area contributed by atoms with Gasteiger partial charge in [0.2, 0.25) is 5.91 Å². The fourth-order valence-corrected chi connectivity index (χ4v) is 2.00. The fourth-order valence-electron chi connectivity index (χ4n) is 2.00. The second-order valence-corrected chi connectivity index (χ2v) is 6.22. The van der Waals surface area contributed by atoms with E-state index in [2.05, 4.69) is 23.9 Å². The standard InChI is InChI=1S/C12H22N4O/c1-11(2)5-7-16(8-6-11)10(17)9-12(3,4)14-15-13/h5-9H2,1-4H3. The van der Waals surface area contributed by atoms with Gasteiger partial charge in [0.05, 0.1) is 5.54 Å². The summed E-state index contributed by atoms with van der Waals surface area (Å²) in [5.74, 6) is 0.0953. The minimum atomic E-state index is -0.626. The van der Waals surface area contributed by atoms with Crippen molar-refractivity contribution in [3.63, 3.8) is 0 Å². The molecule has 17 heavy (non-hydrogen) atoms. The number of azide groups is 1. The summed E-state index contributed by atoms with van der Waals surface area (Å²) in [5.41, 5.74) is 8.15. The number of nitrogens with zero attached hydrogens (tertiary/aromatic N) is 4. The van der Waals surface area contributed by atoms with Crippen molar-refractivity contribution in [1.29, 1.82) is 0 Å². The summed E-state index contributed by atoms with van der Waals surface area (Å²) in [6, 6.07) is 0. The normalized spacial score (nSPS) is 19.6. The van der Waals surface area contributed by atoms with Crippen LogP contribution in [-0.4, -0.2) is 29.4 Å². The van der Waals surface area contributed by atoms with Crippen molar-refractivity contribution >= 4 is 5.91 Å². The quantitative estimate of drug-likeness (QED) is 0.423. The third kappa shape index (κ3) is 4.27. The predicted octanol–water partition coefficient (Wildman–Crippen LogP) is 3.11. The van der Waals surface area contributed by atoms with Gasteiger partial charge < -0.3 is 4.90 Å². The molecule has 0 atom stereocenters. The van der Waals surface area contributed by atoms with Crippen LogP contribution in [-0.2, 0) is 4.79 Å². The summed E-state index contributed by atoms with van der Waals surface area (Å²) in [6.45, 7) is 9.69. The van der Waals surface area contributed by atoms with Crippen LogP contribution in [0.4, 0.5) is 0 Å². The first-order chi connectivity index (χ1) is 7.76. The molecule has 0 aromatic heterocycles. The molecule has 5 nitrogen and oxygen atoms in total. The van der Waals surface area contributed by atoms with Gasteiger partial charge in [-0.15, -0.1) is 0 Å². The lowest BCUT2D eigenvalue weighted by Gasteiger charge is -2.37. The number of carbonyl (C=O) groups excluding carboxylic acids is 1. The van der Waals surface area contributed by atoms with Crippen LogP contribution in [0.3, 0.4) is 0 Å². The molecule has 0 aromatic carbocycles. The number of amides is 1. The zero-order chi connectivity index (χ0) is 13.1. The highest BCUT2D eigenvalue weighted by molar-refractivity contribution is 5.77. The third-order valence-electron chi connectivity index (χ3n) is 3.37. The Bertz CT molecular complexity index is 332. The Morgan fingerprint density at radius 1 is 1.41 bits per heavy atom. The minimum absolute atomic E-state index is 0.0953. The van der Waals surface area contributed by atoms with Gasteiger partial charge in [-0.05, 0) is 23.8 Å². The molecule has 0 radical (unpaired) electrons. The van der Waals surface area contributed by atoms with Gasteiger partial charge in [-0.2, -0.15) is 0 Å². The average Bonchev–Trinajstić information content (AvgIpc) is 2.16. The van der Waals surface area contributed by atoms with E-state index in [1.54, 1.807) is 13.8 Å². The van der Waals surface area contributed by atoms with E-state index in [1.165, 1.54) is 0 Å². The summed E-state index contributed by atoms with van der Waals surface area (Å²) in [5, 5.41) is 3.65. The highest BCUT2D eigenvalue weighted by Crippen LogP contribution is 2.30. The summed E-state index contributed by atoms with van der Waals surface area (Å²) >= 11 is 0. The molecule has 0 unspecified atom stereocenters. The Balaban J connectivity index is 2.53. The van der Waals surface area contributed by atoms with Crippen LogP contribution in [0.25, 0.3) is 10.4 Å². The van der Waals surface area contributed by atoms with Crippen molar-refractivity contribution in [2.24, 2.45) is 10.5 Å². The van der Waals surface area contributed by atoms with Crippen LogP contribution in [0.15, 0.2) is 5.11 Å². The van der Waals surface area contributed by atoms with Crippen molar-refractivity contribution in [1.82, 2.24) is 4.90 Å². The van der Waals surface area contributed by atoms with Crippen LogP contribution >= 0.6 is 0 Å². The zero-order valence-electron chi connectivity index (χ0n) is 11.2. The van der Waals surface area contributed by atoms with E-state index in [0.717, 1.165) is 25.9 Å². The van der Waals surface area contributed by atoms with E-state index in [1.807, 2.05) is 4.90 Å². The topological polar surface area (TPSA) is 69.1 Å². The molecule has 1 amide bonds. The molecule has 0 saturated carbocycles. The largest absolute Gasteiger partial charge is 0.343 e. The molecule has 0 N–H and O–H groups in total. The number of hydrogen-bond acceptors (Lipinski definition) is 2. The molecule has 1 heterocycles. The summed E-state index contributed by atoms with van der Waals surface area (Å²) < 4.78 is 0. The van der Waals surface area contributed by atoms with Crippen molar-refractivity contribution in [3.8, 4) is 0 Å². The lowest BCUT2D eigenvalue weighted by molar-refractivity contribution is -0.134. The third-order valence-corrected chi connectivity index (χ3v) is 3.37. The van der Waals surface area contributed by atoms with Gasteiger partial charge in [0.1, 0.15) is 0 Å². The van der Waals surface area contributed by atoms with Crippen LogP contribution in [0.1, 0.15) is 47.0 Å². The molecule has 0 aromatic rings. The van der Waals surface area contributed by atoms with Crippen molar-refractivity contribution < 1.29 is 4.79 Å². The second-order valence-electron chi connectivity index (χ2n) is 6.22. The van der Waals surface area contributed by atoms with E-state index >= 15 is 0 Å². The van der Waals surface area contributed by atoms with Gasteiger partial charge in [-0.1, -0.05) is 32.8 Å². The number of hydrogen-bond donors (Lipinski definition) is 0. The fraction of sp³-hybridized carbons (Fsp3) is 0.917. The maximum Gasteiger partial charge on any atom is 0.223 e. The Morgan fingerprint density at radius 2 is 1.94 bits per heavy atom. The Morgan fingerprint density at radius 3 is 2.41 bits per heavy atom. The average molecular weight is 238 g/mol. The number of rotatable bonds is 3. The SMILES string of the molecule is CC1(C)CCN(C(=O)CC(C)(C)N=[N+]=[N-])CC1. The highest BCUT2D eigenvalue weighted by Gasteiger charge is 2.30. The second kappa shape index (κ2) is 4.96. The number of piperidine rings is 1. The molecule has 5 heteroatoms. The zero-order valence-corrected chi connectivity index (χ0v) is 11.2. The Hall–Kier alpha value is -1.22. The smallest absolute Gasteiger partial charge is 0.223 e. The lowest BCUT2D eigenvalue weighted by Crippen LogP contribution is -2.43. The van der Waals surface area contributed by atoms with Crippen molar-refractivity contribution in [3.05, 3.63) is 10.4 Å². The number of carbonyl (C=O) groups is 1. The Labute approximate surface area is 103 Å². The monoisotopic (exact) mass is 238 g/mol. The lowest BCUT2D eigenvalue weighted by atomic mass is 9.82. The molecule has 1 rings (SSSR count). The van der Waals surface area contributed by atoms with Crippen LogP contribution < -0.4 is 0 Å². The molecular weight excluding hydrogens is 216 g/mol. The summed E-state index contributed by atoms with van der Waals surface area (Å²) in [7, 11) is 0. The van der Waals surface area contributed by atoms with Gasteiger partial charge in [0.25, 0.3) is 0 Å². The maximum atomic E-state index is 12.0. The molecule has 1 fully saturated rings. The molecule has 0 spiro atoms. The molecule has 1 aliphatic rings. The van der Waals surface area contributed by atoms with Gasteiger partial charge in [-0.25, -0.2) is 0 Å². The molecule has 1 aliphatic heterocycles. The summed E-state index contributed by atoms with van der Waals surface area (Å²) in [4.78, 5) is 16.7. The van der Waals surface area contributed by atoms with E-state index in [-0.39, 0.29) is 12.3 Å². The first kappa shape index (κ1) is 13.8. The van der Waals surface area contributed by atoms with Crippen molar-refractivity contribution in [2.75, 3.05) is 13.1 Å². The molecule has 0 bridgehead atoms. The molecule has 0 aliphatic carbocycles.